The monoisotopic (exact) mass is 384 g/mol. The summed E-state index contributed by atoms with van der Waals surface area (Å²) in [6.07, 6.45) is 2.18. The Kier molecular flexibility index (Phi) is 6.26. The van der Waals surface area contributed by atoms with Crippen LogP contribution in [0.1, 0.15) is 17.9 Å². The van der Waals surface area contributed by atoms with Crippen molar-refractivity contribution < 1.29 is 23.1 Å². The van der Waals surface area contributed by atoms with Crippen LogP contribution < -0.4 is 14.8 Å². The lowest BCUT2D eigenvalue weighted by Crippen LogP contribution is -2.23. The highest BCUT2D eigenvalue weighted by molar-refractivity contribution is 5.76. The molecular formula is C21H21FN2O4. The highest BCUT2D eigenvalue weighted by atomic mass is 19.1. The van der Waals surface area contributed by atoms with Gasteiger partial charge in [0, 0.05) is 36.6 Å². The second-order valence-corrected chi connectivity index (χ2v) is 6.08. The number of hydrogen-bond acceptors (Lipinski definition) is 5. The van der Waals surface area contributed by atoms with Gasteiger partial charge in [-0.05, 0) is 36.4 Å². The third kappa shape index (κ3) is 4.88. The highest BCUT2D eigenvalue weighted by Crippen LogP contribution is 2.24. The van der Waals surface area contributed by atoms with E-state index in [1.54, 1.807) is 38.6 Å². The Morgan fingerprint density at radius 3 is 2.64 bits per heavy atom. The van der Waals surface area contributed by atoms with Gasteiger partial charge < -0.3 is 19.2 Å². The van der Waals surface area contributed by atoms with Crippen LogP contribution >= 0.6 is 0 Å². The Labute approximate surface area is 162 Å². The first kappa shape index (κ1) is 19.4. The minimum atomic E-state index is -0.311. The van der Waals surface area contributed by atoms with Crippen LogP contribution in [0.5, 0.6) is 11.5 Å². The molecule has 0 aliphatic heterocycles. The number of carbonyl (C=O) groups excluding carboxylic acids is 1. The number of carbonyl (C=O) groups is 1. The number of rotatable bonds is 8. The predicted molar refractivity (Wildman–Crippen MR) is 102 cm³/mol. The van der Waals surface area contributed by atoms with Crippen LogP contribution in [0.15, 0.2) is 53.1 Å². The molecule has 3 aromatic rings. The molecule has 0 bridgehead atoms. The van der Waals surface area contributed by atoms with Gasteiger partial charge in [0.05, 0.1) is 20.4 Å². The maximum Gasteiger partial charge on any atom is 0.220 e. The smallest absolute Gasteiger partial charge is 0.220 e. The summed E-state index contributed by atoms with van der Waals surface area (Å²) in [7, 11) is 3.15. The van der Waals surface area contributed by atoms with Gasteiger partial charge in [-0.3, -0.25) is 4.79 Å². The summed E-state index contributed by atoms with van der Waals surface area (Å²) < 4.78 is 29.1. The van der Waals surface area contributed by atoms with E-state index in [1.165, 1.54) is 12.1 Å². The summed E-state index contributed by atoms with van der Waals surface area (Å²) in [5.41, 5.74) is 1.59. The predicted octanol–water partition coefficient (Wildman–Crippen LogP) is 3.75. The number of nitrogens with one attached hydrogen (secondary N) is 1. The largest absolute Gasteiger partial charge is 0.497 e. The molecule has 0 aliphatic carbocycles. The first-order valence-electron chi connectivity index (χ1n) is 8.77. The topological polar surface area (TPSA) is 73.6 Å². The van der Waals surface area contributed by atoms with E-state index >= 15 is 0 Å². The number of aryl methyl sites for hydroxylation is 1. The van der Waals surface area contributed by atoms with E-state index in [0.29, 0.717) is 36.1 Å². The molecule has 1 aromatic heterocycles. The van der Waals surface area contributed by atoms with Crippen LogP contribution in [0.25, 0.3) is 11.3 Å². The molecule has 0 saturated carbocycles. The van der Waals surface area contributed by atoms with Crippen molar-refractivity contribution in [3.8, 4) is 22.8 Å². The molecule has 2 aromatic carbocycles. The van der Waals surface area contributed by atoms with E-state index in [-0.39, 0.29) is 18.1 Å². The van der Waals surface area contributed by atoms with Crippen molar-refractivity contribution in [1.82, 2.24) is 10.3 Å². The Morgan fingerprint density at radius 2 is 1.93 bits per heavy atom. The normalized spacial score (nSPS) is 10.5. The molecule has 146 valence electrons. The molecule has 0 unspecified atom stereocenters. The van der Waals surface area contributed by atoms with Gasteiger partial charge in [-0.2, -0.15) is 0 Å². The Hall–Kier alpha value is -3.35. The van der Waals surface area contributed by atoms with E-state index < -0.39 is 0 Å². The van der Waals surface area contributed by atoms with Crippen LogP contribution in [-0.2, 0) is 17.8 Å². The fourth-order valence-corrected chi connectivity index (χ4v) is 2.67. The average Bonchev–Trinajstić information content (AvgIpc) is 3.20. The lowest BCUT2D eigenvalue weighted by atomic mass is 10.2. The van der Waals surface area contributed by atoms with Crippen molar-refractivity contribution in [2.24, 2.45) is 0 Å². The van der Waals surface area contributed by atoms with Gasteiger partial charge >= 0.3 is 0 Å². The molecule has 0 atom stereocenters. The Balaban J connectivity index is 1.52. The standard InChI is InChI=1S/C21H21FN2O4/c1-26-17-8-5-15(18(11-17)27-2)12-23-20(25)9-10-21-24-13-19(28-21)14-3-6-16(22)7-4-14/h3-8,11,13H,9-10,12H2,1-2H3,(H,23,25). The zero-order valence-corrected chi connectivity index (χ0v) is 15.7. The molecule has 0 fully saturated rings. The fourth-order valence-electron chi connectivity index (χ4n) is 2.67. The molecule has 1 amide bonds. The van der Waals surface area contributed by atoms with E-state index in [2.05, 4.69) is 10.3 Å². The molecule has 7 heteroatoms. The number of nitrogens with zero attached hydrogens (tertiary/aromatic N) is 1. The van der Waals surface area contributed by atoms with Gasteiger partial charge in [0.1, 0.15) is 17.3 Å². The number of methoxy groups -OCH3 is 2. The van der Waals surface area contributed by atoms with Crippen molar-refractivity contribution in [2.45, 2.75) is 19.4 Å². The summed E-state index contributed by atoms with van der Waals surface area (Å²) in [5.74, 6) is 1.90. The van der Waals surface area contributed by atoms with Crippen LogP contribution in [0, 0.1) is 5.82 Å². The number of ether oxygens (including phenoxy) is 2. The number of hydrogen-bond donors (Lipinski definition) is 1. The van der Waals surface area contributed by atoms with E-state index in [0.717, 1.165) is 11.1 Å². The number of halogens is 1. The number of aromatic nitrogens is 1. The summed E-state index contributed by atoms with van der Waals surface area (Å²) >= 11 is 0. The van der Waals surface area contributed by atoms with Crippen molar-refractivity contribution in [2.75, 3.05) is 14.2 Å². The van der Waals surface area contributed by atoms with E-state index in [4.69, 9.17) is 13.9 Å². The molecule has 6 nitrogen and oxygen atoms in total. The van der Waals surface area contributed by atoms with Gasteiger partial charge in [0.2, 0.25) is 5.91 Å². The summed E-state index contributed by atoms with van der Waals surface area (Å²) in [4.78, 5) is 16.3. The van der Waals surface area contributed by atoms with Crippen molar-refractivity contribution in [3.63, 3.8) is 0 Å². The number of amides is 1. The summed E-state index contributed by atoms with van der Waals surface area (Å²) in [5, 5.41) is 2.86. The maximum absolute atomic E-state index is 13.0. The van der Waals surface area contributed by atoms with Gasteiger partial charge in [-0.25, -0.2) is 9.37 Å². The third-order valence-corrected chi connectivity index (χ3v) is 4.22. The molecule has 0 radical (unpaired) electrons. The molecule has 1 heterocycles. The molecule has 1 N–H and O–H groups in total. The SMILES string of the molecule is COc1ccc(CNC(=O)CCc2ncc(-c3ccc(F)cc3)o2)c(OC)c1. The minimum Gasteiger partial charge on any atom is -0.497 e. The molecule has 0 saturated heterocycles. The first-order chi connectivity index (χ1) is 13.6. The number of oxazole rings is 1. The Morgan fingerprint density at radius 1 is 1.14 bits per heavy atom. The maximum atomic E-state index is 13.0. The van der Waals surface area contributed by atoms with Crippen LogP contribution in [0.4, 0.5) is 4.39 Å². The highest BCUT2D eigenvalue weighted by Gasteiger charge is 2.11. The second-order valence-electron chi connectivity index (χ2n) is 6.08. The lowest BCUT2D eigenvalue weighted by molar-refractivity contribution is -0.121. The lowest BCUT2D eigenvalue weighted by Gasteiger charge is -2.11. The van der Waals surface area contributed by atoms with Gasteiger partial charge in [0.25, 0.3) is 0 Å². The average molecular weight is 384 g/mol. The molecular weight excluding hydrogens is 363 g/mol. The second kappa shape index (κ2) is 9.03. The van der Waals surface area contributed by atoms with Gasteiger partial charge in [-0.1, -0.05) is 0 Å². The summed E-state index contributed by atoms with van der Waals surface area (Å²) in [6, 6.07) is 11.4. The molecule has 0 spiro atoms. The minimum absolute atomic E-state index is 0.126. The van der Waals surface area contributed by atoms with Crippen molar-refractivity contribution >= 4 is 5.91 Å². The van der Waals surface area contributed by atoms with Crippen LogP contribution in [0.3, 0.4) is 0 Å². The molecule has 3 rings (SSSR count). The zero-order valence-electron chi connectivity index (χ0n) is 15.7. The van der Waals surface area contributed by atoms with Gasteiger partial charge in [0.15, 0.2) is 11.7 Å². The van der Waals surface area contributed by atoms with Crippen molar-refractivity contribution in [3.05, 3.63) is 65.9 Å². The zero-order chi connectivity index (χ0) is 19.9. The van der Waals surface area contributed by atoms with Crippen LogP contribution in [0.2, 0.25) is 0 Å². The van der Waals surface area contributed by atoms with Crippen molar-refractivity contribution in [1.29, 1.82) is 0 Å². The van der Waals surface area contributed by atoms with E-state index in [1.807, 2.05) is 12.1 Å². The van der Waals surface area contributed by atoms with E-state index in [9.17, 15) is 9.18 Å². The Bertz CT molecular complexity index is 938. The molecule has 28 heavy (non-hydrogen) atoms. The third-order valence-electron chi connectivity index (χ3n) is 4.22. The number of benzene rings is 2. The summed E-state index contributed by atoms with van der Waals surface area (Å²) in [6.45, 7) is 0.346. The van der Waals surface area contributed by atoms with Crippen LogP contribution in [-0.4, -0.2) is 25.1 Å². The van der Waals surface area contributed by atoms with Gasteiger partial charge in [-0.15, -0.1) is 0 Å². The first-order valence-corrected chi connectivity index (χ1v) is 8.77. The fraction of sp³-hybridized carbons (Fsp3) is 0.238. The quantitative estimate of drug-likeness (QED) is 0.640. The molecule has 0 aliphatic rings.